The number of aliphatic hydroxyl groups excluding tert-OH is 1. The van der Waals surface area contributed by atoms with Crippen LogP contribution in [0.5, 0.6) is 0 Å². The smallest absolute Gasteiger partial charge is 0.0956 e. The van der Waals surface area contributed by atoms with Gasteiger partial charge in [0.25, 0.3) is 0 Å². The van der Waals surface area contributed by atoms with Crippen LogP contribution in [0.15, 0.2) is 36.8 Å². The van der Waals surface area contributed by atoms with Crippen LogP contribution in [0.1, 0.15) is 50.1 Å². The second kappa shape index (κ2) is 7.77. The molecular formula is C18H26N2OS2. The lowest BCUT2D eigenvalue weighted by Crippen LogP contribution is -2.26. The van der Waals surface area contributed by atoms with Crippen molar-refractivity contribution in [2.75, 3.05) is 0 Å². The molecular weight excluding hydrogens is 324 g/mol. The summed E-state index contributed by atoms with van der Waals surface area (Å²) in [6.45, 7) is 0. The molecule has 1 fully saturated rings. The van der Waals surface area contributed by atoms with Crippen LogP contribution < -0.4 is 0 Å². The highest BCUT2D eigenvalue weighted by Crippen LogP contribution is 2.42. The second-order valence-corrected chi connectivity index (χ2v) is 6.49. The van der Waals surface area contributed by atoms with E-state index in [0.717, 1.165) is 6.42 Å². The van der Waals surface area contributed by atoms with Gasteiger partial charge in [0.05, 0.1) is 30.4 Å². The summed E-state index contributed by atoms with van der Waals surface area (Å²) in [5.74, 6) is 0.485. The van der Waals surface area contributed by atoms with Gasteiger partial charge in [-0.3, -0.25) is 0 Å². The lowest BCUT2D eigenvalue weighted by Gasteiger charge is -2.29. The highest BCUT2D eigenvalue weighted by Gasteiger charge is 2.32. The number of aliphatic hydroxyl groups is 1. The fraction of sp³-hybridized carbons (Fsp3) is 0.500. The van der Waals surface area contributed by atoms with E-state index in [4.69, 9.17) is 0 Å². The Bertz CT molecular complexity index is 637. The molecule has 4 rings (SSSR count). The normalized spacial score (nSPS) is 20.8. The van der Waals surface area contributed by atoms with E-state index in [1.54, 1.807) is 0 Å². The standard InChI is InChI=1S/C18H22N2O.2H2S/c21-18(13-6-2-1-3-7-13)10-16-14-8-4-5-9-15(14)17-11-19-12-20(16)17;;/h4-5,8-9,11-13,16,18,21H,1-3,6-7,10H2;2*1H2/t16-,18-;;/m0../s1. The summed E-state index contributed by atoms with van der Waals surface area (Å²) in [7, 11) is 0. The molecule has 2 aromatic rings. The highest BCUT2D eigenvalue weighted by atomic mass is 32.1. The third kappa shape index (κ3) is 3.32. The molecule has 2 heterocycles. The zero-order valence-electron chi connectivity index (χ0n) is 13.3. The number of fused-ring (bicyclic) bond motifs is 3. The van der Waals surface area contributed by atoms with Crippen LogP contribution in [0.2, 0.25) is 0 Å². The Hall–Kier alpha value is -0.910. The van der Waals surface area contributed by atoms with Crippen molar-refractivity contribution in [1.82, 2.24) is 9.55 Å². The third-order valence-electron chi connectivity index (χ3n) is 5.26. The molecule has 2 aliphatic rings. The van der Waals surface area contributed by atoms with Crippen LogP contribution in [0, 0.1) is 5.92 Å². The van der Waals surface area contributed by atoms with Crippen LogP contribution in [0.3, 0.4) is 0 Å². The molecule has 1 saturated carbocycles. The predicted molar refractivity (Wildman–Crippen MR) is 104 cm³/mol. The number of hydrogen-bond donors (Lipinski definition) is 1. The lowest BCUT2D eigenvalue weighted by atomic mass is 9.82. The molecule has 1 aliphatic heterocycles. The number of hydrogen-bond acceptors (Lipinski definition) is 2. The van der Waals surface area contributed by atoms with E-state index < -0.39 is 0 Å². The number of benzene rings is 1. The third-order valence-corrected chi connectivity index (χ3v) is 5.26. The quantitative estimate of drug-likeness (QED) is 0.908. The molecule has 3 nitrogen and oxygen atoms in total. The van der Waals surface area contributed by atoms with Gasteiger partial charge < -0.3 is 9.67 Å². The fourth-order valence-electron chi connectivity index (χ4n) is 4.11. The molecule has 0 spiro atoms. The summed E-state index contributed by atoms with van der Waals surface area (Å²) in [4.78, 5) is 4.29. The van der Waals surface area contributed by atoms with Gasteiger partial charge in [-0.25, -0.2) is 4.98 Å². The van der Waals surface area contributed by atoms with Gasteiger partial charge in [-0.2, -0.15) is 27.0 Å². The first kappa shape index (κ1) is 18.4. The van der Waals surface area contributed by atoms with E-state index in [2.05, 4.69) is 33.8 Å². The average molecular weight is 351 g/mol. The van der Waals surface area contributed by atoms with Gasteiger partial charge >= 0.3 is 0 Å². The first-order valence-electron chi connectivity index (χ1n) is 8.14. The Balaban J connectivity index is 0.000000960. The van der Waals surface area contributed by atoms with Gasteiger partial charge in [0, 0.05) is 5.56 Å². The van der Waals surface area contributed by atoms with Crippen LogP contribution in [-0.2, 0) is 0 Å². The molecule has 1 aromatic heterocycles. The van der Waals surface area contributed by atoms with Gasteiger partial charge in [-0.1, -0.05) is 43.5 Å². The van der Waals surface area contributed by atoms with Crippen LogP contribution in [0.25, 0.3) is 11.3 Å². The Morgan fingerprint density at radius 1 is 1.13 bits per heavy atom. The SMILES string of the molecule is O[C@@H](C[C@H]1c2ccccc2-c2cncn21)C1CCCCC1.S.S. The molecule has 1 aromatic carbocycles. The van der Waals surface area contributed by atoms with Crippen molar-refractivity contribution in [3.8, 4) is 11.3 Å². The first-order valence-corrected chi connectivity index (χ1v) is 8.14. The maximum absolute atomic E-state index is 10.7. The summed E-state index contributed by atoms with van der Waals surface area (Å²) < 4.78 is 2.23. The fourth-order valence-corrected chi connectivity index (χ4v) is 4.11. The summed E-state index contributed by atoms with van der Waals surface area (Å²) >= 11 is 0. The van der Waals surface area contributed by atoms with Gasteiger partial charge in [0.1, 0.15) is 0 Å². The zero-order valence-corrected chi connectivity index (χ0v) is 15.3. The molecule has 0 radical (unpaired) electrons. The van der Waals surface area contributed by atoms with Gasteiger partial charge in [0.15, 0.2) is 0 Å². The summed E-state index contributed by atoms with van der Waals surface area (Å²) in [6.07, 6.45) is 10.7. The molecule has 126 valence electrons. The minimum absolute atomic E-state index is 0. The van der Waals surface area contributed by atoms with Crippen molar-refractivity contribution in [2.45, 2.75) is 50.7 Å². The summed E-state index contributed by atoms with van der Waals surface area (Å²) in [5.41, 5.74) is 3.80. The van der Waals surface area contributed by atoms with Crippen molar-refractivity contribution < 1.29 is 5.11 Å². The average Bonchev–Trinajstić information content (AvgIpc) is 3.11. The van der Waals surface area contributed by atoms with Crippen molar-refractivity contribution in [3.05, 3.63) is 42.4 Å². The van der Waals surface area contributed by atoms with Crippen LogP contribution >= 0.6 is 27.0 Å². The van der Waals surface area contributed by atoms with Crippen LogP contribution in [0.4, 0.5) is 0 Å². The molecule has 0 unspecified atom stereocenters. The van der Waals surface area contributed by atoms with Crippen molar-refractivity contribution in [2.24, 2.45) is 5.92 Å². The lowest BCUT2D eigenvalue weighted by molar-refractivity contribution is 0.0686. The molecule has 1 aliphatic carbocycles. The minimum Gasteiger partial charge on any atom is -0.393 e. The van der Waals surface area contributed by atoms with Gasteiger partial charge in [-0.15, -0.1) is 0 Å². The Kier molecular flexibility index (Phi) is 6.23. The molecule has 23 heavy (non-hydrogen) atoms. The Morgan fingerprint density at radius 2 is 1.87 bits per heavy atom. The minimum atomic E-state index is -0.197. The van der Waals surface area contributed by atoms with E-state index >= 15 is 0 Å². The van der Waals surface area contributed by atoms with E-state index in [0.29, 0.717) is 5.92 Å². The summed E-state index contributed by atoms with van der Waals surface area (Å²) in [5, 5.41) is 10.7. The van der Waals surface area contributed by atoms with Gasteiger partial charge in [-0.05, 0) is 30.7 Å². The maximum atomic E-state index is 10.7. The van der Waals surface area contributed by atoms with E-state index in [1.807, 2.05) is 12.5 Å². The van der Waals surface area contributed by atoms with Gasteiger partial charge in [0.2, 0.25) is 0 Å². The number of nitrogens with zero attached hydrogens (tertiary/aromatic N) is 2. The largest absolute Gasteiger partial charge is 0.393 e. The van der Waals surface area contributed by atoms with Crippen molar-refractivity contribution >= 4 is 27.0 Å². The second-order valence-electron chi connectivity index (χ2n) is 6.49. The maximum Gasteiger partial charge on any atom is 0.0956 e. The van der Waals surface area contributed by atoms with E-state index in [9.17, 15) is 5.11 Å². The number of imidazole rings is 1. The van der Waals surface area contributed by atoms with Crippen molar-refractivity contribution in [1.29, 1.82) is 0 Å². The Morgan fingerprint density at radius 3 is 2.65 bits per heavy atom. The summed E-state index contributed by atoms with van der Waals surface area (Å²) in [6, 6.07) is 8.78. The first-order chi connectivity index (χ1) is 10.3. The zero-order chi connectivity index (χ0) is 14.2. The monoisotopic (exact) mass is 350 g/mol. The highest BCUT2D eigenvalue weighted by molar-refractivity contribution is 7.59. The van der Waals surface area contributed by atoms with Crippen molar-refractivity contribution in [3.63, 3.8) is 0 Å². The topological polar surface area (TPSA) is 38.1 Å². The molecule has 5 heteroatoms. The number of aromatic nitrogens is 2. The Labute approximate surface area is 152 Å². The molecule has 2 atom stereocenters. The molecule has 0 saturated heterocycles. The molecule has 0 bridgehead atoms. The predicted octanol–water partition coefficient (Wildman–Crippen LogP) is 4.01. The van der Waals surface area contributed by atoms with E-state index in [-0.39, 0.29) is 39.1 Å². The molecule has 0 amide bonds. The number of rotatable bonds is 3. The van der Waals surface area contributed by atoms with Crippen LogP contribution in [-0.4, -0.2) is 20.8 Å². The molecule has 1 N–H and O–H groups in total. The van der Waals surface area contributed by atoms with E-state index in [1.165, 1.54) is 48.9 Å².